The third-order valence-electron chi connectivity index (χ3n) is 4.11. The lowest BCUT2D eigenvalue weighted by molar-refractivity contribution is -0.131. The lowest BCUT2D eigenvalue weighted by Gasteiger charge is -2.20. The molecule has 0 fully saturated rings. The van der Waals surface area contributed by atoms with Crippen LogP contribution in [0.15, 0.2) is 75.0 Å². The number of hydrazone groups is 1. The molecule has 1 amide bonds. The third-order valence-corrected chi connectivity index (χ3v) is 4.11. The maximum absolute atomic E-state index is 13.3. The molecule has 0 saturated carbocycles. The van der Waals surface area contributed by atoms with Crippen molar-refractivity contribution in [2.45, 2.75) is 12.5 Å². The number of rotatable bonds is 5. The van der Waals surface area contributed by atoms with E-state index in [4.69, 9.17) is 8.83 Å². The zero-order chi connectivity index (χ0) is 17.9. The highest BCUT2D eigenvalue weighted by molar-refractivity contribution is 6.01. The number of anilines is 1. The van der Waals surface area contributed by atoms with E-state index >= 15 is 0 Å². The molecule has 1 N–H and O–H groups in total. The average Bonchev–Trinajstić information content (AvgIpc) is 3.40. The van der Waals surface area contributed by atoms with Gasteiger partial charge in [0.2, 0.25) is 0 Å². The number of furan rings is 2. The van der Waals surface area contributed by atoms with Crippen LogP contribution in [0.25, 0.3) is 0 Å². The minimum Gasteiger partial charge on any atom is -0.467 e. The van der Waals surface area contributed by atoms with E-state index in [1.54, 1.807) is 42.9 Å². The molecule has 4 rings (SSSR count). The molecule has 0 unspecified atom stereocenters. The van der Waals surface area contributed by atoms with E-state index in [0.717, 1.165) is 0 Å². The average molecular weight is 353 g/mol. The van der Waals surface area contributed by atoms with Crippen molar-refractivity contribution in [1.29, 1.82) is 0 Å². The normalized spacial score (nSPS) is 16.6. The predicted molar refractivity (Wildman–Crippen MR) is 93.0 cm³/mol. The van der Waals surface area contributed by atoms with Gasteiger partial charge in [-0.2, -0.15) is 5.10 Å². The van der Waals surface area contributed by atoms with Gasteiger partial charge in [0, 0.05) is 12.1 Å². The minimum atomic E-state index is -0.366. The summed E-state index contributed by atoms with van der Waals surface area (Å²) in [5.74, 6) is 0.650. The van der Waals surface area contributed by atoms with Crippen molar-refractivity contribution in [2.75, 3.05) is 11.9 Å². The van der Waals surface area contributed by atoms with Gasteiger partial charge >= 0.3 is 0 Å². The number of hydrogen-bond acceptors (Lipinski definition) is 5. The van der Waals surface area contributed by atoms with Gasteiger partial charge < -0.3 is 14.2 Å². The molecular formula is C19H16FN3O3. The maximum atomic E-state index is 13.3. The number of nitrogens with zero attached hydrogens (tertiary/aromatic N) is 2. The zero-order valence-electron chi connectivity index (χ0n) is 13.8. The fraction of sp³-hybridized carbons (Fsp3) is 0.158. The van der Waals surface area contributed by atoms with Gasteiger partial charge in [0.15, 0.2) is 0 Å². The predicted octanol–water partition coefficient (Wildman–Crippen LogP) is 3.80. The number of amides is 1. The van der Waals surface area contributed by atoms with Gasteiger partial charge in [0.25, 0.3) is 5.91 Å². The highest BCUT2D eigenvalue weighted by Gasteiger charge is 2.35. The van der Waals surface area contributed by atoms with Crippen molar-refractivity contribution < 1.29 is 18.0 Å². The molecule has 2 aromatic heterocycles. The van der Waals surface area contributed by atoms with Gasteiger partial charge in [-0.3, -0.25) is 4.79 Å². The van der Waals surface area contributed by atoms with Gasteiger partial charge in [0.05, 0.1) is 19.1 Å². The van der Waals surface area contributed by atoms with Crippen LogP contribution in [0.4, 0.5) is 10.1 Å². The molecule has 26 heavy (non-hydrogen) atoms. The van der Waals surface area contributed by atoms with E-state index in [-0.39, 0.29) is 24.3 Å². The first kappa shape index (κ1) is 16.1. The van der Waals surface area contributed by atoms with Crippen molar-refractivity contribution in [3.8, 4) is 0 Å². The van der Waals surface area contributed by atoms with Crippen LogP contribution in [0.1, 0.15) is 24.0 Å². The summed E-state index contributed by atoms with van der Waals surface area (Å²) in [6.07, 6.45) is 3.62. The molecule has 6 nitrogen and oxygen atoms in total. The molecule has 7 heteroatoms. The van der Waals surface area contributed by atoms with Crippen LogP contribution in [0.3, 0.4) is 0 Å². The molecule has 0 aliphatic carbocycles. The summed E-state index contributed by atoms with van der Waals surface area (Å²) >= 11 is 0. The molecule has 3 aromatic rings. The first-order chi connectivity index (χ1) is 12.7. The smallest absolute Gasteiger partial charge is 0.262 e. The number of carbonyl (C=O) groups is 1. The van der Waals surface area contributed by atoms with E-state index in [1.807, 2.05) is 6.07 Å². The summed E-state index contributed by atoms with van der Waals surface area (Å²) in [6.45, 7) is -0.0183. The number of benzene rings is 1. The molecule has 1 aliphatic rings. The summed E-state index contributed by atoms with van der Waals surface area (Å²) in [4.78, 5) is 12.7. The van der Waals surface area contributed by atoms with Crippen LogP contribution in [0, 0.1) is 5.82 Å². The van der Waals surface area contributed by atoms with Crippen LogP contribution in [-0.4, -0.2) is 23.2 Å². The molecule has 3 heterocycles. The second-order valence-corrected chi connectivity index (χ2v) is 5.86. The zero-order valence-corrected chi connectivity index (χ0v) is 13.8. The Kier molecular flexibility index (Phi) is 4.27. The van der Waals surface area contributed by atoms with Gasteiger partial charge in [-0.15, -0.1) is 0 Å². The Hall–Kier alpha value is -3.35. The Balaban J connectivity index is 1.53. The van der Waals surface area contributed by atoms with Crippen LogP contribution in [-0.2, 0) is 4.79 Å². The Morgan fingerprint density at radius 3 is 2.77 bits per heavy atom. The highest BCUT2D eigenvalue weighted by atomic mass is 19.1. The second kappa shape index (κ2) is 6.87. The Morgan fingerprint density at radius 2 is 2.04 bits per heavy atom. The van der Waals surface area contributed by atoms with E-state index in [1.165, 1.54) is 17.1 Å². The van der Waals surface area contributed by atoms with Gasteiger partial charge in [-0.1, -0.05) is 6.07 Å². The van der Waals surface area contributed by atoms with E-state index < -0.39 is 0 Å². The maximum Gasteiger partial charge on any atom is 0.262 e. The van der Waals surface area contributed by atoms with Crippen molar-refractivity contribution in [1.82, 2.24) is 5.01 Å². The molecule has 0 spiro atoms. The lowest BCUT2D eigenvalue weighted by Crippen LogP contribution is -2.32. The molecule has 0 saturated heterocycles. The number of nitrogens with one attached hydrogen (secondary N) is 1. The largest absolute Gasteiger partial charge is 0.467 e. The SMILES string of the molecule is O=C(CNc1cccc(F)c1)N1N=C(c2ccco2)C[C@H]1c1ccco1. The van der Waals surface area contributed by atoms with Gasteiger partial charge in [-0.05, 0) is 42.5 Å². The monoisotopic (exact) mass is 353 g/mol. The van der Waals surface area contributed by atoms with Gasteiger partial charge in [0.1, 0.15) is 29.1 Å². The first-order valence-electron chi connectivity index (χ1n) is 8.17. The molecular weight excluding hydrogens is 337 g/mol. The summed E-state index contributed by atoms with van der Waals surface area (Å²) in [5.41, 5.74) is 1.21. The van der Waals surface area contributed by atoms with E-state index in [2.05, 4.69) is 10.4 Å². The summed E-state index contributed by atoms with van der Waals surface area (Å²) in [6, 6.07) is 12.8. The first-order valence-corrected chi connectivity index (χ1v) is 8.17. The molecule has 0 bridgehead atoms. The molecule has 0 radical (unpaired) electrons. The standard InChI is InChI=1S/C19H16FN3O3/c20-13-4-1-5-14(10-13)21-12-19(24)23-16(18-7-3-9-26-18)11-15(22-23)17-6-2-8-25-17/h1-10,16,21H,11-12H2/t16-/m0/s1. The van der Waals surface area contributed by atoms with Crippen LogP contribution in [0.2, 0.25) is 0 Å². The quantitative estimate of drug-likeness (QED) is 0.757. The minimum absolute atomic E-state index is 0.0183. The molecule has 132 valence electrons. The molecule has 1 aromatic carbocycles. The highest BCUT2D eigenvalue weighted by Crippen LogP contribution is 2.33. The Morgan fingerprint density at radius 1 is 1.19 bits per heavy atom. The van der Waals surface area contributed by atoms with Crippen LogP contribution in [0.5, 0.6) is 0 Å². The fourth-order valence-corrected chi connectivity index (χ4v) is 2.89. The summed E-state index contributed by atoms with van der Waals surface area (Å²) < 4.78 is 24.1. The van der Waals surface area contributed by atoms with Crippen molar-refractivity contribution in [3.63, 3.8) is 0 Å². The van der Waals surface area contributed by atoms with E-state index in [0.29, 0.717) is 29.3 Å². The van der Waals surface area contributed by atoms with Crippen LogP contribution < -0.4 is 5.32 Å². The lowest BCUT2D eigenvalue weighted by atomic mass is 10.1. The van der Waals surface area contributed by atoms with Gasteiger partial charge in [-0.25, -0.2) is 9.40 Å². The fourth-order valence-electron chi connectivity index (χ4n) is 2.89. The Bertz CT molecular complexity index is 919. The number of halogens is 1. The second-order valence-electron chi connectivity index (χ2n) is 5.86. The van der Waals surface area contributed by atoms with Crippen molar-refractivity contribution in [2.24, 2.45) is 5.10 Å². The Labute approximate surface area is 148 Å². The van der Waals surface area contributed by atoms with Crippen molar-refractivity contribution in [3.05, 3.63) is 78.4 Å². The van der Waals surface area contributed by atoms with Crippen molar-refractivity contribution >= 4 is 17.3 Å². The third kappa shape index (κ3) is 3.23. The number of carbonyl (C=O) groups excluding carboxylic acids is 1. The topological polar surface area (TPSA) is 71.0 Å². The summed E-state index contributed by atoms with van der Waals surface area (Å²) in [7, 11) is 0. The molecule has 1 atom stereocenters. The van der Waals surface area contributed by atoms with Crippen LogP contribution >= 0.6 is 0 Å². The molecule has 1 aliphatic heterocycles. The number of hydrogen-bond donors (Lipinski definition) is 1. The summed E-state index contributed by atoms with van der Waals surface area (Å²) in [5, 5.41) is 8.75. The van der Waals surface area contributed by atoms with E-state index in [9.17, 15) is 9.18 Å².